The van der Waals surface area contributed by atoms with Crippen LogP contribution >= 0.6 is 0 Å². The molecule has 388 valence electrons. The average Bonchev–Trinajstić information content (AvgIpc) is 3.29. The highest BCUT2D eigenvalue weighted by Gasteiger charge is 2.09. The van der Waals surface area contributed by atoms with E-state index in [2.05, 4.69) is 131 Å². The van der Waals surface area contributed by atoms with E-state index in [1.54, 1.807) is 0 Å². The van der Waals surface area contributed by atoms with Gasteiger partial charge in [-0.25, -0.2) is 0 Å². The number of ketones is 1. The molecule has 3 unspecified atom stereocenters. The van der Waals surface area contributed by atoms with Crippen molar-refractivity contribution in [2.24, 2.45) is 11.8 Å². The summed E-state index contributed by atoms with van der Waals surface area (Å²) in [6, 6.07) is 0. The van der Waals surface area contributed by atoms with Crippen molar-refractivity contribution in [3.8, 4) is 0 Å². The van der Waals surface area contributed by atoms with Crippen LogP contribution in [0.2, 0.25) is 0 Å². The van der Waals surface area contributed by atoms with Gasteiger partial charge in [-0.3, -0.25) is 4.79 Å². The summed E-state index contributed by atoms with van der Waals surface area (Å²) in [7, 11) is 4.21. The van der Waals surface area contributed by atoms with Crippen molar-refractivity contribution in [1.82, 2.24) is 4.90 Å². The number of ether oxygens (including phenoxy) is 2. The second-order valence-electron chi connectivity index (χ2n) is 18.8. The summed E-state index contributed by atoms with van der Waals surface area (Å²) in [5.41, 5.74) is 1.38. The summed E-state index contributed by atoms with van der Waals surface area (Å²) in [6.07, 6.45) is 52.9. The smallest absolute Gasteiger partial charge is 0.132 e. The summed E-state index contributed by atoms with van der Waals surface area (Å²) < 4.78 is 11.2. The molecule has 0 saturated carbocycles. The van der Waals surface area contributed by atoms with Crippen LogP contribution < -0.4 is 0 Å². The van der Waals surface area contributed by atoms with Crippen molar-refractivity contribution < 1.29 is 14.3 Å². The number of carbonyl (C=O) groups is 1. The second kappa shape index (κ2) is 64.3. The van der Waals surface area contributed by atoms with Gasteiger partial charge in [0.2, 0.25) is 0 Å². The average molecular weight is 917 g/mol. The maximum absolute atomic E-state index is 12.2. The number of carbonyl (C=O) groups excluding carboxylic acids is 1. The first-order valence-corrected chi connectivity index (χ1v) is 27.5. The minimum atomic E-state index is 0. The largest absolute Gasteiger partial charge is 0.382 e. The Balaban J connectivity index is -0.000000343. The third kappa shape index (κ3) is 74.0. The van der Waals surface area contributed by atoms with Gasteiger partial charge in [0.25, 0.3) is 0 Å². The molecule has 0 radical (unpaired) electrons. The topological polar surface area (TPSA) is 38.8 Å². The summed E-state index contributed by atoms with van der Waals surface area (Å²) in [4.78, 5) is 14.5. The number of allylic oxidation sites excluding steroid dienone is 8. The summed E-state index contributed by atoms with van der Waals surface area (Å²) in [5, 5.41) is 0. The number of hydrogen-bond acceptors (Lipinski definition) is 4. The summed E-state index contributed by atoms with van der Waals surface area (Å²) >= 11 is 0. The fourth-order valence-electron chi connectivity index (χ4n) is 6.89. The van der Waals surface area contributed by atoms with Gasteiger partial charge in [-0.2, -0.15) is 0 Å². The van der Waals surface area contributed by atoms with Crippen molar-refractivity contribution in [3.05, 3.63) is 61.3 Å². The van der Waals surface area contributed by atoms with Crippen LogP contribution in [0, 0.1) is 11.8 Å². The summed E-state index contributed by atoms with van der Waals surface area (Å²) in [6.45, 7) is 31.7. The molecule has 0 saturated heterocycles. The van der Waals surface area contributed by atoms with Crippen molar-refractivity contribution in [1.29, 1.82) is 0 Å². The quantitative estimate of drug-likeness (QED) is 0.0451. The van der Waals surface area contributed by atoms with Gasteiger partial charge in [0.1, 0.15) is 5.78 Å². The van der Waals surface area contributed by atoms with Crippen molar-refractivity contribution in [3.63, 3.8) is 0 Å². The number of rotatable bonds is 43. The first-order valence-electron chi connectivity index (χ1n) is 27.5. The molecule has 0 fully saturated rings. The lowest BCUT2D eigenvalue weighted by Crippen LogP contribution is -2.12. The Bertz CT molecular complexity index is 997. The molecular weight excluding hydrogens is 795 g/mol. The van der Waals surface area contributed by atoms with E-state index in [1.807, 2.05) is 6.08 Å². The van der Waals surface area contributed by atoms with Crippen LogP contribution in [0.15, 0.2) is 61.3 Å². The Morgan fingerprint density at radius 3 is 1.68 bits per heavy atom. The second-order valence-corrected chi connectivity index (χ2v) is 18.8. The Labute approximate surface area is 411 Å². The van der Waals surface area contributed by atoms with Gasteiger partial charge in [0, 0.05) is 32.7 Å². The zero-order valence-electron chi connectivity index (χ0n) is 45.6. The third-order valence-corrected chi connectivity index (χ3v) is 11.7. The van der Waals surface area contributed by atoms with Gasteiger partial charge in [-0.05, 0) is 182 Å². The lowest BCUT2D eigenvalue weighted by molar-refractivity contribution is -0.119. The summed E-state index contributed by atoms with van der Waals surface area (Å²) in [5.74, 6) is 1.99. The first-order chi connectivity index (χ1) is 31.0. The molecule has 0 N–H and O–H groups in total. The molecule has 3 atom stereocenters. The van der Waals surface area contributed by atoms with Gasteiger partial charge >= 0.3 is 0 Å². The fraction of sp³-hybridized carbons (Fsp3) is 0.820. The molecule has 65 heavy (non-hydrogen) atoms. The molecule has 0 aromatic heterocycles. The Morgan fingerprint density at radius 1 is 0.569 bits per heavy atom. The molecule has 0 heterocycles. The molecule has 0 aromatic rings. The lowest BCUT2D eigenvalue weighted by Gasteiger charge is -2.14. The van der Waals surface area contributed by atoms with Gasteiger partial charge in [0.15, 0.2) is 0 Å². The molecule has 0 aromatic carbocycles. The number of Topliss-reactive ketones (excluding diaryl/α,β-unsaturated/α-hetero) is 1. The molecule has 0 amide bonds. The van der Waals surface area contributed by atoms with Crippen molar-refractivity contribution in [2.75, 3.05) is 40.5 Å². The molecule has 0 aliphatic rings. The van der Waals surface area contributed by atoms with Crippen LogP contribution in [0.5, 0.6) is 0 Å². The highest BCUT2D eigenvalue weighted by molar-refractivity contribution is 5.78. The van der Waals surface area contributed by atoms with Crippen molar-refractivity contribution >= 4 is 5.78 Å². The minimum absolute atomic E-state index is 0. The monoisotopic (exact) mass is 916 g/mol. The fourth-order valence-corrected chi connectivity index (χ4v) is 6.89. The number of unbranched alkanes of at least 4 members (excludes halogenated alkanes) is 14. The molecule has 4 heteroatoms. The van der Waals surface area contributed by atoms with Crippen molar-refractivity contribution in [2.45, 2.75) is 275 Å². The highest BCUT2D eigenvalue weighted by Crippen LogP contribution is 2.21. The maximum Gasteiger partial charge on any atom is 0.132 e. The molecule has 0 spiro atoms. The van der Waals surface area contributed by atoms with E-state index in [0.717, 1.165) is 96.4 Å². The van der Waals surface area contributed by atoms with Gasteiger partial charge in [-0.15, -0.1) is 6.58 Å². The Kier molecular flexibility index (Phi) is 71.5. The number of nitrogens with zero attached hydrogens (tertiary/aromatic N) is 1. The molecule has 4 nitrogen and oxygen atoms in total. The van der Waals surface area contributed by atoms with Crippen LogP contribution in [0.4, 0.5) is 0 Å². The van der Waals surface area contributed by atoms with E-state index in [4.69, 9.17) is 9.47 Å². The molecule has 0 aliphatic heterocycles. The van der Waals surface area contributed by atoms with Crippen LogP contribution in [0.25, 0.3) is 0 Å². The van der Waals surface area contributed by atoms with E-state index < -0.39 is 0 Å². The zero-order valence-corrected chi connectivity index (χ0v) is 45.6. The highest BCUT2D eigenvalue weighted by atomic mass is 16.5. The Hall–Kier alpha value is -1.75. The van der Waals surface area contributed by atoms with Crippen LogP contribution in [0.1, 0.15) is 269 Å². The van der Waals surface area contributed by atoms with Gasteiger partial charge in [-0.1, -0.05) is 161 Å². The maximum atomic E-state index is 12.2. The van der Waals surface area contributed by atoms with Crippen LogP contribution in [0.3, 0.4) is 0 Å². The van der Waals surface area contributed by atoms with E-state index in [-0.39, 0.29) is 7.43 Å². The van der Waals surface area contributed by atoms with Gasteiger partial charge < -0.3 is 14.4 Å². The van der Waals surface area contributed by atoms with E-state index in [1.165, 1.54) is 141 Å². The van der Waals surface area contributed by atoms with Crippen LogP contribution in [-0.4, -0.2) is 57.2 Å². The molecule has 0 aliphatic carbocycles. The zero-order chi connectivity index (χ0) is 48.6. The predicted octanol–water partition coefficient (Wildman–Crippen LogP) is 20.0. The standard InChI is InChI=1S/C35H64O2.C10H22O.C9H16.C6H15N.CH4/c1-6-8-10-12-14-15-16-17-18-20-26-35(36)30-29-33(4)28-27-32(3)24-21-22-25-34(5)37-31-23-19-13-11-9-7-2;1-4-10(3)8-6-7-9-11-5-2;1-3-5-7-9-8-6-4-2;1-4-5-6-7(2)3;/h8-11,33-34H,3,6-7,12-31H2,1-2,4-5H3;10H,4-9H2,1-3H3;3-4,6H,1,5,7-9H2,2H3;4-6H2,1-3H3;1H4/b10-8-,11-9-;;6-4+;;. The Morgan fingerprint density at radius 2 is 1.11 bits per heavy atom. The first kappa shape index (κ1) is 72.2. The molecular formula is C61H121NO3. The van der Waals surface area contributed by atoms with E-state index in [0.29, 0.717) is 17.8 Å². The predicted molar refractivity (Wildman–Crippen MR) is 299 cm³/mol. The van der Waals surface area contributed by atoms with Gasteiger partial charge in [0.05, 0.1) is 6.10 Å². The lowest BCUT2D eigenvalue weighted by atomic mass is 9.93. The third-order valence-electron chi connectivity index (χ3n) is 11.7. The molecule has 0 bridgehead atoms. The minimum Gasteiger partial charge on any atom is -0.382 e. The molecule has 0 rings (SSSR count). The van der Waals surface area contributed by atoms with Crippen LogP contribution in [-0.2, 0) is 14.3 Å². The van der Waals surface area contributed by atoms with E-state index >= 15 is 0 Å². The van der Waals surface area contributed by atoms with E-state index in [9.17, 15) is 4.79 Å². The normalized spacial score (nSPS) is 12.5. The SMILES string of the molecule is C.C=C(CCCCC(C)OCCCC/C=C\CC)CCC(C)CCC(=O)CCCCCCCC/C=C\CC.C=CCCCC/C=C/C.CCCCN(C)C.CCOCCCCC(C)CC. The number of hydrogen-bond donors (Lipinski definition) is 0.